The van der Waals surface area contributed by atoms with Gasteiger partial charge in [0.1, 0.15) is 12.1 Å². The highest BCUT2D eigenvalue weighted by Gasteiger charge is 2.11. The smallest absolute Gasteiger partial charge is 0.257 e. The summed E-state index contributed by atoms with van der Waals surface area (Å²) in [5, 5.41) is 20.4. The van der Waals surface area contributed by atoms with E-state index >= 15 is 0 Å². The molecule has 0 aliphatic rings. The quantitative estimate of drug-likeness (QED) is 0.721. The van der Waals surface area contributed by atoms with Gasteiger partial charge in [-0.15, -0.1) is 0 Å². The highest BCUT2D eigenvalue weighted by Crippen LogP contribution is 2.19. The van der Waals surface area contributed by atoms with E-state index in [-0.39, 0.29) is 22.4 Å². The lowest BCUT2D eigenvalue weighted by atomic mass is 10.1. The lowest BCUT2D eigenvalue weighted by Gasteiger charge is -2.08. The molecule has 0 spiro atoms. The van der Waals surface area contributed by atoms with Gasteiger partial charge in [-0.2, -0.15) is 10.5 Å². The minimum atomic E-state index is -0.416. The van der Waals surface area contributed by atoms with Crippen LogP contribution in [-0.4, -0.2) is 5.91 Å². The fourth-order valence-corrected chi connectivity index (χ4v) is 1.80. The molecule has 0 fully saturated rings. The number of benzene rings is 2. The standard InChI is InChI=1S/C15H11N5O/c16-7-9-1-3-12(5-10(9)8-17)20-15(21)13-4-2-11(18)6-14(13)19/h1-6H,18-19H2,(H,20,21). The zero-order chi connectivity index (χ0) is 15.4. The average molecular weight is 277 g/mol. The first kappa shape index (κ1) is 13.9. The molecule has 0 radical (unpaired) electrons. The van der Waals surface area contributed by atoms with Gasteiger partial charge in [0.15, 0.2) is 0 Å². The molecule has 0 atom stereocenters. The van der Waals surface area contributed by atoms with Crippen LogP contribution >= 0.6 is 0 Å². The van der Waals surface area contributed by atoms with E-state index < -0.39 is 5.91 Å². The highest BCUT2D eigenvalue weighted by molar-refractivity contribution is 6.08. The fraction of sp³-hybridized carbons (Fsp3) is 0. The van der Waals surface area contributed by atoms with Crippen LogP contribution in [0.4, 0.5) is 17.1 Å². The number of rotatable bonds is 2. The lowest BCUT2D eigenvalue weighted by Crippen LogP contribution is -2.14. The summed E-state index contributed by atoms with van der Waals surface area (Å²) in [6, 6.07) is 12.9. The van der Waals surface area contributed by atoms with Gasteiger partial charge < -0.3 is 16.8 Å². The van der Waals surface area contributed by atoms with Gasteiger partial charge >= 0.3 is 0 Å². The van der Waals surface area contributed by atoms with Crippen LogP contribution in [0.5, 0.6) is 0 Å². The maximum Gasteiger partial charge on any atom is 0.257 e. The Bertz CT molecular complexity index is 799. The molecule has 0 aliphatic carbocycles. The van der Waals surface area contributed by atoms with E-state index in [1.54, 1.807) is 12.1 Å². The van der Waals surface area contributed by atoms with Crippen molar-refractivity contribution in [1.29, 1.82) is 10.5 Å². The number of anilines is 3. The number of carbonyl (C=O) groups excluding carboxylic acids is 1. The number of hydrogen-bond acceptors (Lipinski definition) is 5. The van der Waals surface area contributed by atoms with Crippen molar-refractivity contribution in [2.75, 3.05) is 16.8 Å². The van der Waals surface area contributed by atoms with E-state index in [1.165, 1.54) is 24.3 Å². The third-order valence-corrected chi connectivity index (χ3v) is 2.84. The number of amides is 1. The molecule has 1 amide bonds. The van der Waals surface area contributed by atoms with Gasteiger partial charge in [-0.05, 0) is 36.4 Å². The Morgan fingerprint density at radius 3 is 2.33 bits per heavy atom. The van der Waals surface area contributed by atoms with Gasteiger partial charge in [-0.25, -0.2) is 0 Å². The predicted octanol–water partition coefficient (Wildman–Crippen LogP) is 1.85. The van der Waals surface area contributed by atoms with Gasteiger partial charge in [0.25, 0.3) is 5.91 Å². The Labute approximate surface area is 121 Å². The minimum absolute atomic E-state index is 0.195. The Morgan fingerprint density at radius 1 is 1.00 bits per heavy atom. The average Bonchev–Trinajstić information content (AvgIpc) is 2.46. The van der Waals surface area contributed by atoms with E-state index in [4.69, 9.17) is 22.0 Å². The van der Waals surface area contributed by atoms with Crippen LogP contribution in [0.25, 0.3) is 0 Å². The molecule has 5 N–H and O–H groups in total. The molecule has 0 heterocycles. The van der Waals surface area contributed by atoms with Crippen molar-refractivity contribution < 1.29 is 4.79 Å². The summed E-state index contributed by atoms with van der Waals surface area (Å²) in [5.74, 6) is -0.416. The van der Waals surface area contributed by atoms with Crippen LogP contribution in [0.3, 0.4) is 0 Å². The molecule has 21 heavy (non-hydrogen) atoms. The number of nitrogen functional groups attached to an aromatic ring is 2. The molecule has 0 aromatic heterocycles. The van der Waals surface area contributed by atoms with Crippen LogP contribution in [-0.2, 0) is 0 Å². The molecule has 102 valence electrons. The summed E-state index contributed by atoms with van der Waals surface area (Å²) >= 11 is 0. The Hall–Kier alpha value is -3.51. The second kappa shape index (κ2) is 5.64. The first-order valence-corrected chi connectivity index (χ1v) is 5.95. The monoisotopic (exact) mass is 277 g/mol. The van der Waals surface area contributed by atoms with Crippen molar-refractivity contribution in [1.82, 2.24) is 0 Å². The van der Waals surface area contributed by atoms with Gasteiger partial charge in [0.2, 0.25) is 0 Å². The molecular weight excluding hydrogens is 266 g/mol. The maximum absolute atomic E-state index is 12.1. The van der Waals surface area contributed by atoms with Crippen LogP contribution in [0.1, 0.15) is 21.5 Å². The molecular formula is C15H11N5O. The zero-order valence-electron chi connectivity index (χ0n) is 10.9. The SMILES string of the molecule is N#Cc1ccc(NC(=O)c2ccc(N)cc2N)cc1C#N. The first-order valence-electron chi connectivity index (χ1n) is 5.95. The maximum atomic E-state index is 12.1. The van der Waals surface area contributed by atoms with Gasteiger partial charge in [-0.1, -0.05) is 0 Å². The number of nitrogens with two attached hydrogens (primary N) is 2. The number of carbonyl (C=O) groups is 1. The summed E-state index contributed by atoms with van der Waals surface area (Å²) in [4.78, 5) is 12.1. The largest absolute Gasteiger partial charge is 0.399 e. The number of hydrogen-bond donors (Lipinski definition) is 3. The second-order valence-electron chi connectivity index (χ2n) is 4.28. The third kappa shape index (κ3) is 2.91. The Kier molecular flexibility index (Phi) is 3.74. The van der Waals surface area contributed by atoms with E-state index in [9.17, 15) is 4.79 Å². The highest BCUT2D eigenvalue weighted by atomic mass is 16.1. The van der Waals surface area contributed by atoms with Gasteiger partial charge in [0, 0.05) is 17.1 Å². The molecule has 0 aliphatic heterocycles. The Balaban J connectivity index is 2.28. The molecule has 6 nitrogen and oxygen atoms in total. The normalized spacial score (nSPS) is 9.43. The third-order valence-electron chi connectivity index (χ3n) is 2.84. The van der Waals surface area contributed by atoms with E-state index in [2.05, 4.69) is 5.32 Å². The predicted molar refractivity (Wildman–Crippen MR) is 79.1 cm³/mol. The molecule has 2 aromatic carbocycles. The fourth-order valence-electron chi connectivity index (χ4n) is 1.80. The first-order chi connectivity index (χ1) is 10.0. The molecule has 0 unspecified atom stereocenters. The lowest BCUT2D eigenvalue weighted by molar-refractivity contribution is 0.102. The summed E-state index contributed by atoms with van der Waals surface area (Å²) in [6.07, 6.45) is 0. The van der Waals surface area contributed by atoms with Crippen molar-refractivity contribution in [2.45, 2.75) is 0 Å². The van der Waals surface area contributed by atoms with Crippen molar-refractivity contribution in [3.63, 3.8) is 0 Å². The van der Waals surface area contributed by atoms with Crippen LogP contribution < -0.4 is 16.8 Å². The minimum Gasteiger partial charge on any atom is -0.399 e. The topological polar surface area (TPSA) is 129 Å². The zero-order valence-corrected chi connectivity index (χ0v) is 10.9. The summed E-state index contributed by atoms with van der Waals surface area (Å²) in [7, 11) is 0. The number of nitriles is 2. The molecule has 6 heteroatoms. The van der Waals surface area contributed by atoms with Gasteiger partial charge in [0.05, 0.1) is 16.7 Å². The molecule has 2 aromatic rings. The van der Waals surface area contributed by atoms with Gasteiger partial charge in [-0.3, -0.25) is 4.79 Å². The van der Waals surface area contributed by atoms with Crippen LogP contribution in [0.15, 0.2) is 36.4 Å². The second-order valence-corrected chi connectivity index (χ2v) is 4.28. The van der Waals surface area contributed by atoms with Crippen molar-refractivity contribution in [3.05, 3.63) is 53.1 Å². The summed E-state index contributed by atoms with van der Waals surface area (Å²) < 4.78 is 0. The van der Waals surface area contributed by atoms with E-state index in [0.29, 0.717) is 11.4 Å². The molecule has 0 saturated carbocycles. The number of nitrogens with zero attached hydrogens (tertiary/aromatic N) is 2. The van der Waals surface area contributed by atoms with Crippen LogP contribution in [0, 0.1) is 22.7 Å². The summed E-state index contributed by atoms with van der Waals surface area (Å²) in [6.45, 7) is 0. The molecule has 0 bridgehead atoms. The molecule has 0 saturated heterocycles. The molecule has 2 rings (SSSR count). The van der Waals surface area contributed by atoms with Crippen molar-refractivity contribution >= 4 is 23.0 Å². The Morgan fingerprint density at radius 2 is 1.71 bits per heavy atom. The van der Waals surface area contributed by atoms with E-state index in [0.717, 1.165) is 0 Å². The van der Waals surface area contributed by atoms with Crippen molar-refractivity contribution in [2.24, 2.45) is 0 Å². The van der Waals surface area contributed by atoms with Crippen molar-refractivity contribution in [3.8, 4) is 12.1 Å². The van der Waals surface area contributed by atoms with Crippen LogP contribution in [0.2, 0.25) is 0 Å². The van der Waals surface area contributed by atoms with E-state index in [1.807, 2.05) is 12.1 Å². The number of nitrogens with one attached hydrogen (secondary N) is 1. The summed E-state index contributed by atoms with van der Waals surface area (Å²) in [5.41, 5.74) is 13.2.